The standard InChI is InChI=1S/C34H42N2O12/c1-18(37)46-21-15-33(2)20(10-11-22(33)38)27-29(21)34(3)23(17-45-5)47-32(44)19(28(34)31(43)30(27)42)16-35(4)14-8-6-7-9-26(41)48-36-24(39)12-13-25(36)40/h16,20-21,23,43H,6-15,17H2,1-5H3/b19-16-/t20-,21+,23+,33-,34-/m0/s1. The van der Waals surface area contributed by atoms with Gasteiger partial charge in [0.15, 0.2) is 5.76 Å². The molecule has 14 heteroatoms. The number of amides is 2. The number of hydrogen-bond donors (Lipinski definition) is 1. The van der Waals surface area contributed by atoms with Crippen LogP contribution in [-0.4, -0.2) is 95.9 Å². The molecule has 0 aromatic rings. The fourth-order valence-electron chi connectivity index (χ4n) is 7.98. The summed E-state index contributed by atoms with van der Waals surface area (Å²) in [5.74, 6) is -5.01. The molecule has 0 spiro atoms. The lowest BCUT2D eigenvalue weighted by Gasteiger charge is -2.53. The SMILES string of the molecule is COC[C@H]1OC(=O)/C(=C\N(C)CCCCCC(=O)ON2C(=O)CCC2=O)C2=C(O)C(=O)C3=C([C@H](OC(C)=O)C[C@]4(C)C(=O)CC[C@@H]34)[C@]21C. The average molecular weight is 671 g/mol. The predicted octanol–water partition coefficient (Wildman–Crippen LogP) is 2.56. The third-order valence-corrected chi connectivity index (χ3v) is 10.4. The van der Waals surface area contributed by atoms with Crippen LogP contribution in [-0.2, 0) is 52.6 Å². The minimum absolute atomic E-state index is 0.00286. The van der Waals surface area contributed by atoms with Crippen molar-refractivity contribution in [2.24, 2.45) is 16.7 Å². The normalized spacial score (nSPS) is 30.8. The van der Waals surface area contributed by atoms with E-state index in [-0.39, 0.29) is 61.2 Å². The molecule has 5 atom stereocenters. The number of rotatable bonds is 11. The largest absolute Gasteiger partial charge is 0.504 e. The number of imide groups is 1. The lowest BCUT2D eigenvalue weighted by Crippen LogP contribution is -2.57. The number of aliphatic hydroxyl groups excluding tert-OH is 1. The summed E-state index contributed by atoms with van der Waals surface area (Å²) in [5.41, 5.74) is -1.65. The zero-order chi connectivity index (χ0) is 35.1. The van der Waals surface area contributed by atoms with Gasteiger partial charge in [0.05, 0.1) is 17.6 Å². The summed E-state index contributed by atoms with van der Waals surface area (Å²) in [7, 11) is 3.15. The minimum Gasteiger partial charge on any atom is -0.504 e. The molecule has 14 nitrogen and oxygen atoms in total. The Kier molecular flexibility index (Phi) is 9.69. The molecule has 1 N–H and O–H groups in total. The molecule has 3 aliphatic carbocycles. The Labute approximate surface area is 278 Å². The maximum Gasteiger partial charge on any atom is 0.340 e. The molecule has 2 saturated heterocycles. The third kappa shape index (κ3) is 5.95. The van der Waals surface area contributed by atoms with E-state index in [1.165, 1.54) is 20.2 Å². The van der Waals surface area contributed by atoms with Crippen molar-refractivity contribution in [3.63, 3.8) is 0 Å². The number of unbranched alkanes of at least 4 members (excludes halogenated alkanes) is 2. The molecule has 3 fully saturated rings. The smallest absolute Gasteiger partial charge is 0.340 e. The number of allylic oxidation sites excluding steroid dienone is 1. The van der Waals surface area contributed by atoms with Crippen molar-refractivity contribution >= 4 is 41.3 Å². The molecule has 0 aromatic heterocycles. The van der Waals surface area contributed by atoms with Crippen molar-refractivity contribution < 1.29 is 57.7 Å². The van der Waals surface area contributed by atoms with Crippen LogP contribution in [0, 0.1) is 16.7 Å². The molecule has 1 saturated carbocycles. The lowest BCUT2D eigenvalue weighted by molar-refractivity contribution is -0.197. The second kappa shape index (κ2) is 13.3. The minimum atomic E-state index is -1.34. The van der Waals surface area contributed by atoms with Gasteiger partial charge in [-0.2, -0.15) is 0 Å². The van der Waals surface area contributed by atoms with Crippen LogP contribution in [0.2, 0.25) is 0 Å². The van der Waals surface area contributed by atoms with Gasteiger partial charge in [-0.1, -0.05) is 13.3 Å². The molecule has 2 heterocycles. The van der Waals surface area contributed by atoms with Gasteiger partial charge in [-0.25, -0.2) is 9.59 Å². The summed E-state index contributed by atoms with van der Waals surface area (Å²) in [6.07, 6.45) is 1.94. The molecule has 48 heavy (non-hydrogen) atoms. The Morgan fingerprint density at radius 3 is 2.40 bits per heavy atom. The third-order valence-electron chi connectivity index (χ3n) is 10.4. The number of Topliss-reactive ketones (excluding diaryl/α,β-unsaturated/α-hetero) is 2. The highest BCUT2D eigenvalue weighted by Crippen LogP contribution is 2.62. The van der Waals surface area contributed by atoms with E-state index in [0.29, 0.717) is 42.9 Å². The molecule has 0 unspecified atom stereocenters. The van der Waals surface area contributed by atoms with E-state index in [9.17, 15) is 38.7 Å². The zero-order valence-electron chi connectivity index (χ0n) is 27.9. The van der Waals surface area contributed by atoms with Gasteiger partial charge in [-0.15, -0.1) is 5.06 Å². The van der Waals surface area contributed by atoms with E-state index in [1.807, 2.05) is 0 Å². The first-order valence-electron chi connectivity index (χ1n) is 16.3. The summed E-state index contributed by atoms with van der Waals surface area (Å²) in [6, 6.07) is 0. The number of esters is 2. The molecular weight excluding hydrogens is 628 g/mol. The van der Waals surface area contributed by atoms with Gasteiger partial charge in [0, 0.05) is 88.4 Å². The number of methoxy groups -OCH3 is 1. The first-order chi connectivity index (χ1) is 22.6. The number of aliphatic hydroxyl groups is 1. The maximum absolute atomic E-state index is 14.1. The number of carbonyl (C=O) groups excluding carboxylic acids is 7. The van der Waals surface area contributed by atoms with Crippen LogP contribution in [0.1, 0.15) is 78.6 Å². The Balaban J connectivity index is 1.39. The number of cyclic esters (lactones) is 1. The predicted molar refractivity (Wildman–Crippen MR) is 164 cm³/mol. The average Bonchev–Trinajstić information content (AvgIpc) is 3.49. The number of ketones is 2. The van der Waals surface area contributed by atoms with Gasteiger partial charge in [-0.05, 0) is 31.8 Å². The number of hydroxylamine groups is 2. The van der Waals surface area contributed by atoms with Crippen LogP contribution in [0.15, 0.2) is 34.3 Å². The molecule has 0 bridgehead atoms. The van der Waals surface area contributed by atoms with Gasteiger partial charge < -0.3 is 29.1 Å². The van der Waals surface area contributed by atoms with Crippen LogP contribution in [0.5, 0.6) is 0 Å². The van der Waals surface area contributed by atoms with Crippen LogP contribution >= 0.6 is 0 Å². The number of carbonyl (C=O) groups is 7. The Morgan fingerprint density at radius 2 is 1.75 bits per heavy atom. The Hall–Kier alpha value is -4.33. The highest BCUT2D eigenvalue weighted by Gasteiger charge is 2.64. The highest BCUT2D eigenvalue weighted by atomic mass is 16.7. The van der Waals surface area contributed by atoms with Gasteiger partial charge in [0.25, 0.3) is 11.8 Å². The summed E-state index contributed by atoms with van der Waals surface area (Å²) in [5, 5.41) is 12.2. The monoisotopic (exact) mass is 670 g/mol. The molecule has 2 aliphatic heterocycles. The number of ether oxygens (including phenoxy) is 3. The van der Waals surface area contributed by atoms with Gasteiger partial charge in [0.1, 0.15) is 18.0 Å². The summed E-state index contributed by atoms with van der Waals surface area (Å²) in [4.78, 5) is 95.1. The van der Waals surface area contributed by atoms with E-state index in [4.69, 9.17) is 19.0 Å². The quantitative estimate of drug-likeness (QED) is 0.147. The van der Waals surface area contributed by atoms with Crippen LogP contribution in [0.4, 0.5) is 0 Å². The van der Waals surface area contributed by atoms with E-state index in [1.54, 1.807) is 25.8 Å². The molecule has 0 radical (unpaired) electrons. The first kappa shape index (κ1) is 35.0. The Morgan fingerprint density at radius 1 is 1.06 bits per heavy atom. The second-order valence-electron chi connectivity index (χ2n) is 13.5. The van der Waals surface area contributed by atoms with E-state index >= 15 is 0 Å². The topological polar surface area (TPSA) is 183 Å². The zero-order valence-corrected chi connectivity index (χ0v) is 27.9. The van der Waals surface area contributed by atoms with E-state index in [0.717, 1.165) is 0 Å². The van der Waals surface area contributed by atoms with Crippen LogP contribution < -0.4 is 0 Å². The van der Waals surface area contributed by atoms with Crippen molar-refractivity contribution in [2.45, 2.75) is 90.8 Å². The number of nitrogens with zero attached hydrogens (tertiary/aromatic N) is 2. The molecule has 5 rings (SSSR count). The number of fused-ring (bicyclic) bond motifs is 4. The number of hydrogen-bond acceptors (Lipinski definition) is 13. The van der Waals surface area contributed by atoms with E-state index in [2.05, 4.69) is 0 Å². The summed E-state index contributed by atoms with van der Waals surface area (Å²) < 4.78 is 17.2. The summed E-state index contributed by atoms with van der Waals surface area (Å²) in [6.45, 7) is 5.09. The molecule has 0 aromatic carbocycles. The van der Waals surface area contributed by atoms with Crippen molar-refractivity contribution in [1.29, 1.82) is 0 Å². The molecule has 2 amide bonds. The van der Waals surface area contributed by atoms with Gasteiger partial charge in [0.2, 0.25) is 5.78 Å². The maximum atomic E-state index is 14.1. The lowest BCUT2D eigenvalue weighted by atomic mass is 9.53. The second-order valence-corrected chi connectivity index (χ2v) is 13.5. The molecular formula is C34H42N2O12. The molecule has 5 aliphatic rings. The van der Waals surface area contributed by atoms with Crippen molar-refractivity contribution in [2.75, 3.05) is 27.3 Å². The fraction of sp³-hybridized carbons (Fsp3) is 0.618. The van der Waals surface area contributed by atoms with Crippen molar-refractivity contribution in [3.05, 3.63) is 34.3 Å². The van der Waals surface area contributed by atoms with Crippen LogP contribution in [0.3, 0.4) is 0 Å². The molecule has 260 valence electrons. The summed E-state index contributed by atoms with van der Waals surface area (Å²) >= 11 is 0. The first-order valence-corrected chi connectivity index (χ1v) is 16.3. The van der Waals surface area contributed by atoms with Crippen LogP contribution in [0.25, 0.3) is 0 Å². The van der Waals surface area contributed by atoms with Crippen molar-refractivity contribution in [3.8, 4) is 0 Å². The highest BCUT2D eigenvalue weighted by molar-refractivity contribution is 6.14. The van der Waals surface area contributed by atoms with Gasteiger partial charge in [-0.3, -0.25) is 24.0 Å². The fourth-order valence-corrected chi connectivity index (χ4v) is 7.98. The van der Waals surface area contributed by atoms with E-state index < -0.39 is 70.2 Å². The van der Waals surface area contributed by atoms with Gasteiger partial charge >= 0.3 is 17.9 Å². The van der Waals surface area contributed by atoms with Crippen molar-refractivity contribution in [1.82, 2.24) is 9.96 Å². The Bertz CT molecular complexity index is 1540.